The largest absolute Gasteiger partial charge is 0.353 e. The number of carbonyl (C=O) groups excluding carboxylic acids is 2. The van der Waals surface area contributed by atoms with Crippen LogP contribution >= 0.6 is 0 Å². The molecule has 0 aromatic heterocycles. The second-order valence-electron chi connectivity index (χ2n) is 7.48. The predicted molar refractivity (Wildman–Crippen MR) is 106 cm³/mol. The number of carbonyl (C=O) groups is 2. The van der Waals surface area contributed by atoms with Gasteiger partial charge in [0.1, 0.15) is 5.82 Å². The van der Waals surface area contributed by atoms with Crippen molar-refractivity contribution in [3.8, 4) is 0 Å². The molecule has 1 heterocycles. The zero-order valence-corrected chi connectivity index (χ0v) is 16.1. The van der Waals surface area contributed by atoms with Gasteiger partial charge < -0.3 is 10.6 Å². The van der Waals surface area contributed by atoms with Crippen LogP contribution in [0.4, 0.5) is 4.39 Å². The van der Waals surface area contributed by atoms with E-state index in [-0.39, 0.29) is 23.6 Å². The molecule has 2 aromatic carbocycles. The molecule has 5 nitrogen and oxygen atoms in total. The summed E-state index contributed by atoms with van der Waals surface area (Å²) in [6.45, 7) is 4.40. The molecule has 0 aliphatic carbocycles. The van der Waals surface area contributed by atoms with E-state index in [1.807, 2.05) is 18.2 Å². The Kier molecular flexibility index (Phi) is 6.41. The molecule has 1 aliphatic heterocycles. The third-order valence-electron chi connectivity index (χ3n) is 5.29. The van der Waals surface area contributed by atoms with Crippen LogP contribution in [0.15, 0.2) is 54.6 Å². The molecular formula is C22H26FN3O2. The van der Waals surface area contributed by atoms with Gasteiger partial charge in [0, 0.05) is 24.2 Å². The lowest BCUT2D eigenvalue weighted by Crippen LogP contribution is -2.51. The summed E-state index contributed by atoms with van der Waals surface area (Å²) in [7, 11) is 0. The second-order valence-corrected chi connectivity index (χ2v) is 7.48. The highest BCUT2D eigenvalue weighted by atomic mass is 19.1. The van der Waals surface area contributed by atoms with Gasteiger partial charge in [0.05, 0.1) is 6.54 Å². The van der Waals surface area contributed by atoms with E-state index in [1.165, 1.54) is 23.8 Å². The highest BCUT2D eigenvalue weighted by Gasteiger charge is 2.36. The van der Waals surface area contributed by atoms with Crippen LogP contribution in [0, 0.1) is 5.82 Å². The van der Waals surface area contributed by atoms with Crippen LogP contribution in [-0.2, 0) is 11.3 Å². The fraction of sp³-hybridized carbons (Fsp3) is 0.364. The van der Waals surface area contributed by atoms with Crippen molar-refractivity contribution in [2.24, 2.45) is 0 Å². The summed E-state index contributed by atoms with van der Waals surface area (Å²) in [5, 5.41) is 5.46. The van der Waals surface area contributed by atoms with Crippen LogP contribution in [0.2, 0.25) is 0 Å². The Hall–Kier alpha value is -2.73. The summed E-state index contributed by atoms with van der Waals surface area (Å²) in [5.41, 5.74) is 1.34. The van der Waals surface area contributed by atoms with E-state index >= 15 is 0 Å². The second kappa shape index (κ2) is 8.97. The van der Waals surface area contributed by atoms with E-state index in [0.717, 1.165) is 32.0 Å². The Morgan fingerprint density at radius 2 is 1.89 bits per heavy atom. The molecule has 3 rings (SSSR count). The van der Waals surface area contributed by atoms with Crippen molar-refractivity contribution in [1.82, 2.24) is 15.5 Å². The van der Waals surface area contributed by atoms with Gasteiger partial charge in [-0.25, -0.2) is 4.39 Å². The third kappa shape index (κ3) is 5.16. The Morgan fingerprint density at radius 3 is 2.64 bits per heavy atom. The number of rotatable bonds is 7. The molecule has 0 bridgehead atoms. The maximum absolute atomic E-state index is 13.2. The molecule has 1 aliphatic rings. The van der Waals surface area contributed by atoms with Crippen molar-refractivity contribution in [2.45, 2.75) is 31.8 Å². The van der Waals surface area contributed by atoms with Gasteiger partial charge in [0.15, 0.2) is 0 Å². The molecule has 1 unspecified atom stereocenters. The highest BCUT2D eigenvalue weighted by molar-refractivity contribution is 5.96. The number of likely N-dealkylation sites (tertiary alicyclic amines) is 1. The Labute approximate surface area is 164 Å². The molecule has 0 spiro atoms. The lowest BCUT2D eigenvalue weighted by Gasteiger charge is -2.35. The summed E-state index contributed by atoms with van der Waals surface area (Å²) in [6, 6.07) is 15.7. The van der Waals surface area contributed by atoms with Crippen LogP contribution in [-0.4, -0.2) is 41.9 Å². The number of hydrogen-bond acceptors (Lipinski definition) is 3. The number of nitrogens with one attached hydrogen (secondary N) is 2. The topological polar surface area (TPSA) is 61.4 Å². The van der Waals surface area contributed by atoms with Crippen LogP contribution in [0.25, 0.3) is 0 Å². The maximum Gasteiger partial charge on any atom is 0.251 e. The average molecular weight is 383 g/mol. The summed E-state index contributed by atoms with van der Waals surface area (Å²) in [5.74, 6) is -1.20. The predicted octanol–water partition coefficient (Wildman–Crippen LogP) is 2.73. The van der Waals surface area contributed by atoms with E-state index in [4.69, 9.17) is 0 Å². The molecule has 1 saturated heterocycles. The molecule has 6 heteroatoms. The smallest absolute Gasteiger partial charge is 0.251 e. The zero-order chi connectivity index (χ0) is 20.0. The van der Waals surface area contributed by atoms with Crippen molar-refractivity contribution < 1.29 is 14.0 Å². The van der Waals surface area contributed by atoms with Gasteiger partial charge in [-0.1, -0.05) is 36.4 Å². The molecule has 0 radical (unpaired) electrons. The first kappa shape index (κ1) is 20.0. The number of hydrogen-bond donors (Lipinski definition) is 2. The van der Waals surface area contributed by atoms with Crippen LogP contribution in [0.5, 0.6) is 0 Å². The molecule has 1 atom stereocenters. The van der Waals surface area contributed by atoms with E-state index in [0.29, 0.717) is 6.54 Å². The van der Waals surface area contributed by atoms with Crippen molar-refractivity contribution in [2.75, 3.05) is 19.6 Å². The molecule has 2 amide bonds. The number of nitrogens with zero attached hydrogens (tertiary/aromatic N) is 1. The first-order valence-electron chi connectivity index (χ1n) is 9.56. The average Bonchev–Trinajstić information content (AvgIpc) is 3.06. The Balaban J connectivity index is 1.48. The third-order valence-corrected chi connectivity index (χ3v) is 5.29. The minimum absolute atomic E-state index is 0.113. The zero-order valence-electron chi connectivity index (χ0n) is 16.1. The van der Waals surface area contributed by atoms with Gasteiger partial charge in [-0.2, -0.15) is 0 Å². The van der Waals surface area contributed by atoms with Crippen LogP contribution in [0.1, 0.15) is 35.7 Å². The van der Waals surface area contributed by atoms with Gasteiger partial charge >= 0.3 is 0 Å². The van der Waals surface area contributed by atoms with E-state index < -0.39 is 11.7 Å². The van der Waals surface area contributed by atoms with E-state index in [1.54, 1.807) is 0 Å². The van der Waals surface area contributed by atoms with Gasteiger partial charge in [0.25, 0.3) is 5.91 Å². The van der Waals surface area contributed by atoms with E-state index in [2.05, 4.69) is 34.6 Å². The summed E-state index contributed by atoms with van der Waals surface area (Å²) in [6.07, 6.45) is 2.10. The van der Waals surface area contributed by atoms with Gasteiger partial charge in [-0.3, -0.25) is 14.5 Å². The lowest BCUT2D eigenvalue weighted by molar-refractivity contribution is -0.120. The number of halogens is 1. The molecule has 0 saturated carbocycles. The van der Waals surface area contributed by atoms with Crippen LogP contribution in [0.3, 0.4) is 0 Å². The van der Waals surface area contributed by atoms with Crippen molar-refractivity contribution in [1.29, 1.82) is 0 Å². The fourth-order valence-electron chi connectivity index (χ4n) is 3.60. The van der Waals surface area contributed by atoms with Gasteiger partial charge in [0.2, 0.25) is 5.91 Å². The fourth-order valence-corrected chi connectivity index (χ4v) is 3.60. The Morgan fingerprint density at radius 1 is 1.11 bits per heavy atom. The molecular weight excluding hydrogens is 357 g/mol. The summed E-state index contributed by atoms with van der Waals surface area (Å²) >= 11 is 0. The maximum atomic E-state index is 13.2. The normalized spacial score (nSPS) is 19.4. The SMILES string of the molecule is CC1(CNC(=O)CNC(=O)c2cccc(F)c2)CCCN1Cc1ccccc1. The molecule has 28 heavy (non-hydrogen) atoms. The standard InChI is InChI=1S/C22H26FN3O2/c1-22(11-6-12-26(22)15-17-7-3-2-4-8-17)16-25-20(27)14-24-21(28)18-9-5-10-19(23)13-18/h2-5,7-10,13H,6,11-12,14-16H2,1H3,(H,24,28)(H,25,27). The Bertz CT molecular complexity index is 828. The summed E-state index contributed by atoms with van der Waals surface area (Å²) < 4.78 is 13.2. The van der Waals surface area contributed by atoms with Crippen molar-refractivity contribution >= 4 is 11.8 Å². The minimum atomic E-state index is -0.482. The lowest BCUT2D eigenvalue weighted by atomic mass is 9.98. The minimum Gasteiger partial charge on any atom is -0.353 e. The van der Waals surface area contributed by atoms with Gasteiger partial charge in [-0.15, -0.1) is 0 Å². The van der Waals surface area contributed by atoms with Crippen molar-refractivity contribution in [3.63, 3.8) is 0 Å². The number of benzene rings is 2. The first-order valence-corrected chi connectivity index (χ1v) is 9.56. The van der Waals surface area contributed by atoms with Crippen molar-refractivity contribution in [3.05, 3.63) is 71.5 Å². The first-order chi connectivity index (χ1) is 13.5. The monoisotopic (exact) mass is 383 g/mol. The quantitative estimate of drug-likeness (QED) is 0.773. The summed E-state index contributed by atoms with van der Waals surface area (Å²) in [4.78, 5) is 26.6. The van der Waals surface area contributed by atoms with E-state index in [9.17, 15) is 14.0 Å². The van der Waals surface area contributed by atoms with Gasteiger partial charge in [-0.05, 0) is 50.1 Å². The molecule has 1 fully saturated rings. The molecule has 2 N–H and O–H groups in total. The highest BCUT2D eigenvalue weighted by Crippen LogP contribution is 2.29. The van der Waals surface area contributed by atoms with Crippen LogP contribution < -0.4 is 10.6 Å². The molecule has 2 aromatic rings. The number of amides is 2. The molecule has 148 valence electrons.